The molecule has 1 aromatic heterocycles. The van der Waals surface area contributed by atoms with Crippen molar-refractivity contribution in [3.8, 4) is 0 Å². The number of nitrogens with one attached hydrogen (secondary N) is 1. The lowest BCUT2D eigenvalue weighted by Crippen LogP contribution is -2.32. The Morgan fingerprint density at radius 3 is 2.88 bits per heavy atom. The van der Waals surface area contributed by atoms with E-state index in [2.05, 4.69) is 15.5 Å². The zero-order chi connectivity index (χ0) is 11.4. The van der Waals surface area contributed by atoms with Crippen molar-refractivity contribution in [2.75, 3.05) is 19.8 Å². The van der Waals surface area contributed by atoms with E-state index in [1.165, 1.54) is 0 Å². The van der Waals surface area contributed by atoms with Crippen LogP contribution in [0, 0.1) is 5.92 Å². The van der Waals surface area contributed by atoms with Crippen LogP contribution in [-0.2, 0) is 4.74 Å². The van der Waals surface area contributed by atoms with E-state index in [0.29, 0.717) is 17.5 Å². The fourth-order valence-corrected chi connectivity index (χ4v) is 2.31. The van der Waals surface area contributed by atoms with Crippen LogP contribution >= 0.6 is 22.9 Å². The van der Waals surface area contributed by atoms with Crippen LogP contribution in [0.2, 0.25) is 4.47 Å². The van der Waals surface area contributed by atoms with Crippen molar-refractivity contribution in [1.82, 2.24) is 15.5 Å². The Labute approximate surface area is 102 Å². The molecule has 16 heavy (non-hydrogen) atoms. The van der Waals surface area contributed by atoms with Gasteiger partial charge in [0.1, 0.15) is 0 Å². The molecule has 88 valence electrons. The molecule has 0 aliphatic carbocycles. The van der Waals surface area contributed by atoms with Gasteiger partial charge in [-0.3, -0.25) is 4.79 Å². The fraction of sp³-hybridized carbons (Fsp3) is 0.667. The minimum absolute atomic E-state index is 0.198. The maximum Gasteiger partial charge on any atom is 0.282 e. The van der Waals surface area contributed by atoms with E-state index in [1.807, 2.05) is 0 Å². The quantitative estimate of drug-likeness (QED) is 0.892. The average Bonchev–Trinajstić information content (AvgIpc) is 2.74. The summed E-state index contributed by atoms with van der Waals surface area (Å²) in [4.78, 5) is 11.6. The van der Waals surface area contributed by atoms with Crippen LogP contribution in [0.5, 0.6) is 0 Å². The average molecular weight is 262 g/mol. The van der Waals surface area contributed by atoms with Crippen LogP contribution in [0.3, 0.4) is 0 Å². The Bertz CT molecular complexity index is 365. The molecule has 0 atom stereocenters. The minimum atomic E-state index is -0.198. The van der Waals surface area contributed by atoms with Crippen molar-refractivity contribution in [2.24, 2.45) is 5.92 Å². The second-order valence-electron chi connectivity index (χ2n) is 3.63. The number of carbonyl (C=O) groups excluding carboxylic acids is 1. The fourth-order valence-electron chi connectivity index (χ4n) is 1.56. The highest BCUT2D eigenvalue weighted by atomic mass is 35.5. The molecule has 1 saturated heterocycles. The summed E-state index contributed by atoms with van der Waals surface area (Å²) < 4.78 is 5.53. The van der Waals surface area contributed by atoms with E-state index in [-0.39, 0.29) is 10.4 Å². The minimum Gasteiger partial charge on any atom is -0.381 e. The van der Waals surface area contributed by atoms with Gasteiger partial charge in [-0.15, -0.1) is 10.2 Å². The Balaban J connectivity index is 1.79. The van der Waals surface area contributed by atoms with E-state index < -0.39 is 0 Å². The third-order valence-electron chi connectivity index (χ3n) is 2.49. The summed E-state index contributed by atoms with van der Waals surface area (Å²) >= 11 is 6.69. The standard InChI is InChI=1S/C9H12ClN3O2S/c10-9-13-12-8(16-9)7(14)11-5-6-1-3-15-4-2-6/h6H,1-5H2,(H,11,14). The monoisotopic (exact) mass is 261 g/mol. The third kappa shape index (κ3) is 3.13. The van der Waals surface area contributed by atoms with Gasteiger partial charge in [0.25, 0.3) is 5.91 Å². The van der Waals surface area contributed by atoms with Gasteiger partial charge >= 0.3 is 0 Å². The zero-order valence-electron chi connectivity index (χ0n) is 8.61. The van der Waals surface area contributed by atoms with Crippen LogP contribution in [-0.4, -0.2) is 35.9 Å². The zero-order valence-corrected chi connectivity index (χ0v) is 10.2. The topological polar surface area (TPSA) is 64.1 Å². The first kappa shape index (κ1) is 11.8. The van der Waals surface area contributed by atoms with Gasteiger partial charge in [-0.1, -0.05) is 11.3 Å². The lowest BCUT2D eigenvalue weighted by Gasteiger charge is -2.21. The molecule has 0 saturated carbocycles. The van der Waals surface area contributed by atoms with Crippen molar-refractivity contribution >= 4 is 28.8 Å². The molecular formula is C9H12ClN3O2S. The molecule has 1 amide bonds. The highest BCUT2D eigenvalue weighted by Gasteiger charge is 2.17. The predicted molar refractivity (Wildman–Crippen MR) is 60.8 cm³/mol. The van der Waals surface area contributed by atoms with Crippen molar-refractivity contribution in [3.63, 3.8) is 0 Å². The van der Waals surface area contributed by atoms with E-state index in [9.17, 15) is 4.79 Å². The first-order chi connectivity index (χ1) is 7.75. The molecule has 7 heteroatoms. The van der Waals surface area contributed by atoms with E-state index in [1.54, 1.807) is 0 Å². The molecule has 0 radical (unpaired) electrons. The van der Waals surface area contributed by atoms with Crippen molar-refractivity contribution in [2.45, 2.75) is 12.8 Å². The molecule has 5 nitrogen and oxygen atoms in total. The number of nitrogens with zero attached hydrogens (tertiary/aromatic N) is 2. The number of hydrogen-bond donors (Lipinski definition) is 1. The number of carbonyl (C=O) groups is 1. The molecule has 1 aromatic rings. The summed E-state index contributed by atoms with van der Waals surface area (Å²) in [5.74, 6) is 0.303. The largest absolute Gasteiger partial charge is 0.381 e. The van der Waals surface area contributed by atoms with Gasteiger partial charge in [-0.2, -0.15) is 0 Å². The van der Waals surface area contributed by atoms with Crippen molar-refractivity contribution in [3.05, 3.63) is 9.47 Å². The molecule has 0 spiro atoms. The van der Waals surface area contributed by atoms with Gasteiger partial charge in [-0.25, -0.2) is 0 Å². The molecule has 2 rings (SSSR count). The normalized spacial score (nSPS) is 17.3. The number of rotatable bonds is 3. The second-order valence-corrected chi connectivity index (χ2v) is 5.19. The first-order valence-electron chi connectivity index (χ1n) is 5.10. The lowest BCUT2D eigenvalue weighted by molar-refractivity contribution is 0.0642. The van der Waals surface area contributed by atoms with Gasteiger partial charge in [0, 0.05) is 19.8 Å². The van der Waals surface area contributed by atoms with E-state index in [4.69, 9.17) is 16.3 Å². The van der Waals surface area contributed by atoms with Gasteiger partial charge in [0.05, 0.1) is 0 Å². The van der Waals surface area contributed by atoms with Crippen molar-refractivity contribution in [1.29, 1.82) is 0 Å². The number of aromatic nitrogens is 2. The van der Waals surface area contributed by atoms with Crippen molar-refractivity contribution < 1.29 is 9.53 Å². The Morgan fingerprint density at radius 1 is 1.50 bits per heavy atom. The first-order valence-corrected chi connectivity index (χ1v) is 6.30. The van der Waals surface area contributed by atoms with Crippen LogP contribution in [0.1, 0.15) is 22.6 Å². The summed E-state index contributed by atoms with van der Waals surface area (Å²) in [6, 6.07) is 0. The Kier molecular flexibility index (Phi) is 4.09. The third-order valence-corrected chi connectivity index (χ3v) is 3.50. The molecule has 0 aromatic carbocycles. The Morgan fingerprint density at radius 2 is 2.25 bits per heavy atom. The number of halogens is 1. The molecule has 1 aliphatic heterocycles. The number of hydrogen-bond acceptors (Lipinski definition) is 5. The van der Waals surface area contributed by atoms with Crippen LogP contribution in [0.4, 0.5) is 0 Å². The smallest absolute Gasteiger partial charge is 0.282 e. The summed E-state index contributed by atoms with van der Waals surface area (Å²) in [6.07, 6.45) is 1.99. The van der Waals surface area contributed by atoms with Gasteiger partial charge in [0.15, 0.2) is 0 Å². The van der Waals surface area contributed by atoms with Gasteiger partial charge < -0.3 is 10.1 Å². The molecule has 0 unspecified atom stereocenters. The molecule has 1 fully saturated rings. The molecule has 1 aliphatic rings. The maximum absolute atomic E-state index is 11.6. The lowest BCUT2D eigenvalue weighted by atomic mass is 10.0. The predicted octanol–water partition coefficient (Wildman–Crippen LogP) is 1.35. The van der Waals surface area contributed by atoms with Crippen LogP contribution in [0.25, 0.3) is 0 Å². The highest BCUT2D eigenvalue weighted by Crippen LogP contribution is 2.16. The summed E-state index contributed by atoms with van der Waals surface area (Å²) in [5, 5.41) is 10.4. The Hall–Kier alpha value is -0.720. The SMILES string of the molecule is O=C(NCC1CCOCC1)c1nnc(Cl)s1. The molecular weight excluding hydrogens is 250 g/mol. The molecule has 0 bridgehead atoms. The number of ether oxygens (including phenoxy) is 1. The number of amides is 1. The maximum atomic E-state index is 11.6. The molecule has 2 heterocycles. The molecule has 1 N–H and O–H groups in total. The highest BCUT2D eigenvalue weighted by molar-refractivity contribution is 7.17. The van der Waals surface area contributed by atoms with E-state index >= 15 is 0 Å². The van der Waals surface area contributed by atoms with Crippen LogP contribution in [0.15, 0.2) is 0 Å². The summed E-state index contributed by atoms with van der Waals surface area (Å²) in [5.41, 5.74) is 0. The van der Waals surface area contributed by atoms with Crippen LogP contribution < -0.4 is 5.32 Å². The summed E-state index contributed by atoms with van der Waals surface area (Å²) in [7, 11) is 0. The summed E-state index contributed by atoms with van der Waals surface area (Å²) in [6.45, 7) is 2.23. The second kappa shape index (κ2) is 5.56. The van der Waals surface area contributed by atoms with Gasteiger partial charge in [0.2, 0.25) is 9.47 Å². The van der Waals surface area contributed by atoms with E-state index in [0.717, 1.165) is 37.4 Å². The van der Waals surface area contributed by atoms with Gasteiger partial charge in [-0.05, 0) is 30.4 Å².